The normalized spacial score (nSPS) is 7.00. The maximum atomic E-state index is 4.55. The van der Waals surface area contributed by atoms with Crippen LogP contribution in [0.3, 0.4) is 0 Å². The van der Waals surface area contributed by atoms with Gasteiger partial charge >= 0.3 is 29.6 Å². The van der Waals surface area contributed by atoms with Gasteiger partial charge in [-0.25, -0.2) is 0 Å². The summed E-state index contributed by atoms with van der Waals surface area (Å²) in [7, 11) is 3.25. The average molecular weight is 112 g/mol. The molecule has 0 aliphatic carbocycles. The van der Waals surface area contributed by atoms with Gasteiger partial charge in [-0.1, -0.05) is 0 Å². The first-order valence-corrected chi connectivity index (χ1v) is 2.23. The largest absolute Gasteiger partial charge is 1.00 e. The van der Waals surface area contributed by atoms with Crippen molar-refractivity contribution in [3.8, 4) is 0 Å². The molecule has 0 unspecified atom stereocenters. The van der Waals surface area contributed by atoms with Crippen LogP contribution in [0.1, 0.15) is 0 Å². The number of hydrogen-bond donors (Lipinski definition) is 0. The minimum Gasteiger partial charge on any atom is -0.681 e. The molecule has 0 aromatic heterocycles. The standard InChI is InChI=1S/2CH3O.Al.Na/c2*1-2;;/h2*1H3;;/q2*-1;2*+1. The molecule has 0 bridgehead atoms. The molecule has 0 fully saturated rings. The van der Waals surface area contributed by atoms with Gasteiger partial charge in [0.1, 0.15) is 15.9 Å². The molecule has 0 atom stereocenters. The molecule has 0 aliphatic heterocycles. The zero-order valence-electron chi connectivity index (χ0n) is 4.39. The van der Waals surface area contributed by atoms with Crippen LogP contribution in [0.15, 0.2) is 0 Å². The second-order valence-electron chi connectivity index (χ2n) is 0.568. The summed E-state index contributed by atoms with van der Waals surface area (Å²) in [6.07, 6.45) is 0. The van der Waals surface area contributed by atoms with Crippen molar-refractivity contribution in [3.05, 3.63) is 0 Å². The van der Waals surface area contributed by atoms with Crippen LogP contribution in [0.25, 0.3) is 0 Å². The van der Waals surface area contributed by atoms with Crippen molar-refractivity contribution >= 4 is 15.9 Å². The Bertz CT molecular complexity index is 19.0. The fraction of sp³-hybridized carbons (Fsp3) is 1.00. The van der Waals surface area contributed by atoms with Crippen molar-refractivity contribution in [1.82, 2.24) is 0 Å². The summed E-state index contributed by atoms with van der Waals surface area (Å²) in [6.45, 7) is 0. The Kier molecular flexibility index (Phi) is 16.8. The first-order chi connectivity index (χ1) is 2.41. The molecule has 0 aromatic carbocycles. The van der Waals surface area contributed by atoms with E-state index in [1.54, 1.807) is 14.2 Å². The van der Waals surface area contributed by atoms with Crippen LogP contribution in [0.4, 0.5) is 0 Å². The molecular formula is C2H6AlNaO2. The van der Waals surface area contributed by atoms with Gasteiger partial charge in [0.2, 0.25) is 0 Å². The first kappa shape index (κ1) is 10.4. The number of rotatable bonds is 2. The molecule has 0 saturated heterocycles. The third-order valence-electron chi connectivity index (χ3n) is 0.192. The van der Waals surface area contributed by atoms with Gasteiger partial charge in [0.25, 0.3) is 0 Å². The summed E-state index contributed by atoms with van der Waals surface area (Å²) >= 11 is -0.185. The molecule has 0 rings (SSSR count). The molecule has 0 heterocycles. The first-order valence-electron chi connectivity index (χ1n) is 1.29. The van der Waals surface area contributed by atoms with Gasteiger partial charge in [0.05, 0.1) is 0 Å². The van der Waals surface area contributed by atoms with E-state index in [9.17, 15) is 0 Å². The van der Waals surface area contributed by atoms with Crippen LogP contribution < -0.4 is 29.6 Å². The van der Waals surface area contributed by atoms with Gasteiger partial charge in [-0.2, -0.15) is 0 Å². The smallest absolute Gasteiger partial charge is 0.681 e. The van der Waals surface area contributed by atoms with E-state index < -0.39 is 0 Å². The van der Waals surface area contributed by atoms with E-state index in [1.807, 2.05) is 0 Å². The molecule has 0 amide bonds. The fourth-order valence-corrected chi connectivity index (χ4v) is 0.289. The summed E-state index contributed by atoms with van der Waals surface area (Å²) in [4.78, 5) is 0. The van der Waals surface area contributed by atoms with Crippen molar-refractivity contribution in [1.29, 1.82) is 0 Å². The van der Waals surface area contributed by atoms with E-state index in [4.69, 9.17) is 0 Å². The topological polar surface area (TPSA) is 18.5 Å². The Morgan fingerprint density at radius 1 is 1.17 bits per heavy atom. The maximum Gasteiger partial charge on any atom is 1.00 e. The molecule has 30 valence electrons. The van der Waals surface area contributed by atoms with Crippen LogP contribution in [0, 0.1) is 0 Å². The molecule has 0 N–H and O–H groups in total. The van der Waals surface area contributed by atoms with Crippen molar-refractivity contribution in [2.75, 3.05) is 14.2 Å². The molecule has 2 nitrogen and oxygen atoms in total. The Hall–Kier alpha value is 1.45. The zero-order valence-corrected chi connectivity index (χ0v) is 7.55. The maximum absolute atomic E-state index is 4.55. The zero-order chi connectivity index (χ0) is 4.12. The Morgan fingerprint density at radius 2 is 1.50 bits per heavy atom. The van der Waals surface area contributed by atoms with Gasteiger partial charge in [-0.05, 0) is 14.2 Å². The molecule has 0 aromatic rings. The van der Waals surface area contributed by atoms with Crippen LogP contribution in [-0.2, 0) is 7.58 Å². The van der Waals surface area contributed by atoms with Crippen LogP contribution in [0.5, 0.6) is 0 Å². The van der Waals surface area contributed by atoms with E-state index in [0.29, 0.717) is 0 Å². The molecule has 6 heavy (non-hydrogen) atoms. The van der Waals surface area contributed by atoms with Crippen LogP contribution in [0.2, 0.25) is 0 Å². The van der Waals surface area contributed by atoms with Crippen LogP contribution >= 0.6 is 0 Å². The second kappa shape index (κ2) is 9.68. The van der Waals surface area contributed by atoms with Crippen molar-refractivity contribution in [3.63, 3.8) is 0 Å². The molecule has 0 spiro atoms. The minimum atomic E-state index is -0.185. The van der Waals surface area contributed by atoms with E-state index >= 15 is 0 Å². The van der Waals surface area contributed by atoms with E-state index in [0.717, 1.165) is 0 Å². The van der Waals surface area contributed by atoms with E-state index in [2.05, 4.69) is 7.58 Å². The second-order valence-corrected chi connectivity index (χ2v) is 1.70. The monoisotopic (exact) mass is 112 g/mol. The summed E-state index contributed by atoms with van der Waals surface area (Å²) in [5.41, 5.74) is 0. The molecule has 2 radical (unpaired) electrons. The molecule has 0 saturated carbocycles. The van der Waals surface area contributed by atoms with Gasteiger partial charge in [0.15, 0.2) is 0 Å². The average Bonchev–Trinajstić information content (AvgIpc) is 1.41. The van der Waals surface area contributed by atoms with Crippen molar-refractivity contribution in [2.24, 2.45) is 0 Å². The summed E-state index contributed by atoms with van der Waals surface area (Å²) in [6, 6.07) is 0. The van der Waals surface area contributed by atoms with E-state index in [-0.39, 0.29) is 45.4 Å². The minimum absolute atomic E-state index is 0. The summed E-state index contributed by atoms with van der Waals surface area (Å²) in [5, 5.41) is 0. The number of hydrogen-bond acceptors (Lipinski definition) is 2. The molecular weight excluding hydrogens is 106 g/mol. The third kappa shape index (κ3) is 9.07. The molecule has 0 aliphatic rings. The SMILES string of the molecule is C[O][Al-][O]C.[Na+]. The predicted molar refractivity (Wildman–Crippen MR) is 19.8 cm³/mol. The summed E-state index contributed by atoms with van der Waals surface area (Å²) in [5.74, 6) is 0. The van der Waals surface area contributed by atoms with Gasteiger partial charge in [-0.3, -0.25) is 0 Å². The van der Waals surface area contributed by atoms with Gasteiger partial charge in [0, 0.05) is 0 Å². The Morgan fingerprint density at radius 3 is 1.50 bits per heavy atom. The van der Waals surface area contributed by atoms with Gasteiger partial charge in [-0.15, -0.1) is 0 Å². The quantitative estimate of drug-likeness (QED) is 0.350. The Labute approximate surface area is 66.9 Å². The van der Waals surface area contributed by atoms with Crippen molar-refractivity contribution < 1.29 is 37.1 Å². The fourth-order valence-electron chi connectivity index (χ4n) is 0.0962. The molecule has 4 heteroatoms. The van der Waals surface area contributed by atoms with E-state index in [1.165, 1.54) is 0 Å². The summed E-state index contributed by atoms with van der Waals surface area (Å²) < 4.78 is 9.10. The van der Waals surface area contributed by atoms with Crippen LogP contribution in [-0.4, -0.2) is 30.1 Å². The van der Waals surface area contributed by atoms with Gasteiger partial charge < -0.3 is 7.58 Å². The van der Waals surface area contributed by atoms with Crippen molar-refractivity contribution in [2.45, 2.75) is 0 Å². The predicted octanol–water partition coefficient (Wildman–Crippen LogP) is -3.18. The third-order valence-corrected chi connectivity index (χ3v) is 0.577. The Balaban J connectivity index is 0.